The zero-order valence-corrected chi connectivity index (χ0v) is 33.6. The van der Waals surface area contributed by atoms with Gasteiger partial charge in [0.15, 0.2) is 0 Å². The highest BCUT2D eigenvalue weighted by Gasteiger charge is 2.46. The molecule has 1 heterocycles. The standard InChI is InChI=1S/C55H46N2/c1-53(2)44-27-15-13-25-43(44)50-47(53)33-35-19-10-11-22-38(35)52(50)57(37-31-32-40-39-23-12-16-28-45(39)54(3,4)55(5,6)46(40)34-37)49-30-18-26-42-41-24-14-17-29-48(41)56(51(42)49)36-20-8-7-9-21-36/h7-34H,1-6H3. The van der Waals surface area contributed by atoms with E-state index in [9.17, 15) is 0 Å². The summed E-state index contributed by atoms with van der Waals surface area (Å²) in [6.45, 7) is 14.5. The SMILES string of the molecule is CC1(C)c2ccccc2-c2c1cc1ccccc1c2N(c1ccc2c(c1)C(C)(C)C(C)(C)c1ccccc1-2)c1cccc2c3ccccc3n(-c3ccccc3)c12. The fraction of sp³-hybridized carbons (Fsp3) is 0.164. The third-order valence-electron chi connectivity index (χ3n) is 14.1. The van der Waals surface area contributed by atoms with E-state index >= 15 is 0 Å². The van der Waals surface area contributed by atoms with Crippen LogP contribution in [0.5, 0.6) is 0 Å². The highest BCUT2D eigenvalue weighted by atomic mass is 15.2. The number of hydrogen-bond acceptors (Lipinski definition) is 1. The molecule has 2 aliphatic carbocycles. The van der Waals surface area contributed by atoms with Gasteiger partial charge >= 0.3 is 0 Å². The van der Waals surface area contributed by atoms with Crippen molar-refractivity contribution < 1.29 is 0 Å². The van der Waals surface area contributed by atoms with Gasteiger partial charge in [-0.05, 0) is 97.6 Å². The van der Waals surface area contributed by atoms with Crippen LogP contribution in [0.2, 0.25) is 0 Å². The molecule has 8 aromatic carbocycles. The lowest BCUT2D eigenvalue weighted by molar-refractivity contribution is 0.299. The molecule has 0 saturated carbocycles. The van der Waals surface area contributed by atoms with Crippen LogP contribution in [0.3, 0.4) is 0 Å². The molecule has 0 radical (unpaired) electrons. The van der Waals surface area contributed by atoms with Crippen LogP contribution < -0.4 is 4.90 Å². The van der Waals surface area contributed by atoms with Gasteiger partial charge in [0, 0.05) is 38.5 Å². The Morgan fingerprint density at radius 2 is 1.05 bits per heavy atom. The molecule has 11 rings (SSSR count). The number of rotatable bonds is 4. The van der Waals surface area contributed by atoms with E-state index in [2.05, 4.69) is 221 Å². The molecular weight excluding hydrogens is 689 g/mol. The van der Waals surface area contributed by atoms with Crippen LogP contribution in [0.4, 0.5) is 17.1 Å². The first kappa shape index (κ1) is 33.9. The fourth-order valence-corrected chi connectivity index (χ4v) is 10.5. The first-order valence-corrected chi connectivity index (χ1v) is 20.4. The van der Waals surface area contributed by atoms with E-state index in [1.807, 2.05) is 0 Å². The minimum absolute atomic E-state index is 0.0938. The predicted molar refractivity (Wildman–Crippen MR) is 242 cm³/mol. The molecule has 57 heavy (non-hydrogen) atoms. The average molecular weight is 735 g/mol. The van der Waals surface area contributed by atoms with E-state index in [1.165, 1.54) is 82.8 Å². The molecule has 2 nitrogen and oxygen atoms in total. The van der Waals surface area contributed by atoms with Gasteiger partial charge in [0.05, 0.1) is 22.4 Å². The van der Waals surface area contributed by atoms with Crippen molar-refractivity contribution in [2.45, 2.75) is 57.8 Å². The Hall–Kier alpha value is -6.38. The first-order chi connectivity index (χ1) is 27.6. The quantitative estimate of drug-likeness (QED) is 0.175. The maximum atomic E-state index is 2.63. The largest absolute Gasteiger partial charge is 0.307 e. The minimum atomic E-state index is -0.174. The van der Waals surface area contributed by atoms with Crippen LogP contribution in [-0.2, 0) is 16.2 Å². The molecule has 2 aliphatic rings. The lowest BCUT2D eigenvalue weighted by Gasteiger charge is -2.48. The van der Waals surface area contributed by atoms with E-state index in [0.717, 1.165) is 17.1 Å². The molecule has 2 heteroatoms. The summed E-state index contributed by atoms with van der Waals surface area (Å²) in [5, 5.41) is 4.98. The van der Waals surface area contributed by atoms with Gasteiger partial charge in [-0.1, -0.05) is 169 Å². The Balaban J connectivity index is 1.33. The maximum Gasteiger partial charge on any atom is 0.0782 e. The van der Waals surface area contributed by atoms with E-state index in [1.54, 1.807) is 0 Å². The van der Waals surface area contributed by atoms with E-state index in [4.69, 9.17) is 0 Å². The van der Waals surface area contributed by atoms with E-state index in [0.29, 0.717) is 0 Å². The zero-order chi connectivity index (χ0) is 38.8. The summed E-state index contributed by atoms with van der Waals surface area (Å²) in [5.41, 5.74) is 17.5. The number of aromatic nitrogens is 1. The molecule has 0 amide bonds. The normalized spacial score (nSPS) is 15.6. The minimum Gasteiger partial charge on any atom is -0.307 e. The smallest absolute Gasteiger partial charge is 0.0782 e. The Labute approximate surface area is 335 Å². The van der Waals surface area contributed by atoms with Crippen LogP contribution >= 0.6 is 0 Å². The highest BCUT2D eigenvalue weighted by Crippen LogP contribution is 2.59. The molecular formula is C55H46N2. The number of hydrogen-bond donors (Lipinski definition) is 0. The number of para-hydroxylation sites is 3. The zero-order valence-electron chi connectivity index (χ0n) is 33.6. The summed E-state index contributed by atoms with van der Waals surface area (Å²) in [4.78, 5) is 2.63. The lowest BCUT2D eigenvalue weighted by atomic mass is 9.55. The number of nitrogens with zero attached hydrogens (tertiary/aromatic N) is 2. The van der Waals surface area contributed by atoms with Crippen LogP contribution in [-0.4, -0.2) is 4.57 Å². The van der Waals surface area contributed by atoms with Crippen molar-refractivity contribution in [1.29, 1.82) is 0 Å². The van der Waals surface area contributed by atoms with E-state index in [-0.39, 0.29) is 16.2 Å². The molecule has 1 aromatic heterocycles. The van der Waals surface area contributed by atoms with Crippen molar-refractivity contribution in [3.8, 4) is 27.9 Å². The molecule has 0 saturated heterocycles. The topological polar surface area (TPSA) is 8.17 Å². The van der Waals surface area contributed by atoms with Crippen molar-refractivity contribution in [1.82, 2.24) is 4.57 Å². The van der Waals surface area contributed by atoms with Crippen LogP contribution in [0.15, 0.2) is 170 Å². The Morgan fingerprint density at radius 1 is 0.439 bits per heavy atom. The van der Waals surface area contributed by atoms with Crippen LogP contribution in [0.25, 0.3) is 60.5 Å². The molecule has 9 aromatic rings. The third-order valence-corrected chi connectivity index (χ3v) is 14.1. The monoisotopic (exact) mass is 734 g/mol. The fourth-order valence-electron chi connectivity index (χ4n) is 10.5. The molecule has 276 valence electrons. The lowest BCUT2D eigenvalue weighted by Crippen LogP contribution is -2.43. The van der Waals surface area contributed by atoms with Crippen molar-refractivity contribution in [3.05, 3.63) is 192 Å². The van der Waals surface area contributed by atoms with Crippen molar-refractivity contribution >= 4 is 49.6 Å². The van der Waals surface area contributed by atoms with Crippen molar-refractivity contribution in [2.75, 3.05) is 4.90 Å². The van der Waals surface area contributed by atoms with Gasteiger partial charge in [-0.15, -0.1) is 0 Å². The molecule has 0 bridgehead atoms. The molecule has 0 atom stereocenters. The van der Waals surface area contributed by atoms with Crippen LogP contribution in [0.1, 0.15) is 63.8 Å². The Kier molecular flexibility index (Phi) is 7.03. The van der Waals surface area contributed by atoms with Gasteiger partial charge in [0.1, 0.15) is 0 Å². The Bertz CT molecular complexity index is 3100. The summed E-state index contributed by atoms with van der Waals surface area (Å²) in [5.74, 6) is 0. The van der Waals surface area contributed by atoms with Crippen molar-refractivity contribution in [2.24, 2.45) is 0 Å². The summed E-state index contributed by atoms with van der Waals surface area (Å²) in [6, 6.07) is 63.6. The second kappa shape index (κ2) is 11.8. The number of benzene rings is 8. The van der Waals surface area contributed by atoms with Gasteiger partial charge in [0.25, 0.3) is 0 Å². The predicted octanol–water partition coefficient (Wildman–Crippen LogP) is 14.9. The summed E-state index contributed by atoms with van der Waals surface area (Å²) >= 11 is 0. The summed E-state index contributed by atoms with van der Waals surface area (Å²) in [6.07, 6.45) is 0. The highest BCUT2D eigenvalue weighted by molar-refractivity contribution is 6.17. The molecule has 0 spiro atoms. The molecule has 0 N–H and O–H groups in total. The summed E-state index contributed by atoms with van der Waals surface area (Å²) in [7, 11) is 0. The number of anilines is 3. The van der Waals surface area contributed by atoms with Gasteiger partial charge < -0.3 is 9.47 Å². The van der Waals surface area contributed by atoms with E-state index < -0.39 is 0 Å². The van der Waals surface area contributed by atoms with Gasteiger partial charge in [-0.2, -0.15) is 0 Å². The molecule has 0 unspecified atom stereocenters. The summed E-state index contributed by atoms with van der Waals surface area (Å²) < 4.78 is 2.48. The maximum absolute atomic E-state index is 2.63. The average Bonchev–Trinajstić information content (AvgIpc) is 3.69. The van der Waals surface area contributed by atoms with Crippen LogP contribution in [0, 0.1) is 0 Å². The molecule has 0 aliphatic heterocycles. The number of fused-ring (bicyclic) bond motifs is 10. The van der Waals surface area contributed by atoms with Gasteiger partial charge in [0.2, 0.25) is 0 Å². The second-order valence-electron chi connectivity index (χ2n) is 17.8. The van der Waals surface area contributed by atoms with Gasteiger partial charge in [-0.25, -0.2) is 0 Å². The third kappa shape index (κ3) is 4.53. The first-order valence-electron chi connectivity index (χ1n) is 20.4. The Morgan fingerprint density at radius 3 is 1.86 bits per heavy atom. The van der Waals surface area contributed by atoms with Gasteiger partial charge in [-0.3, -0.25) is 0 Å². The molecule has 0 fully saturated rings. The van der Waals surface area contributed by atoms with Crippen molar-refractivity contribution in [3.63, 3.8) is 0 Å². The second-order valence-corrected chi connectivity index (χ2v) is 17.8.